The van der Waals surface area contributed by atoms with E-state index in [1.807, 2.05) is 6.07 Å². The number of carbonyl (C=O) groups excluding carboxylic acids is 1. The van der Waals surface area contributed by atoms with Gasteiger partial charge in [-0.2, -0.15) is 0 Å². The zero-order valence-corrected chi connectivity index (χ0v) is 19.9. The molecule has 1 amide bonds. The minimum Gasteiger partial charge on any atom is -0.492 e. The number of fused-ring (bicyclic) bond motifs is 2. The molecule has 1 aromatic carbocycles. The van der Waals surface area contributed by atoms with Crippen molar-refractivity contribution in [3.8, 4) is 22.8 Å². The Balaban J connectivity index is 1.48. The first-order valence-electron chi connectivity index (χ1n) is 12.1. The Morgan fingerprint density at radius 1 is 1.28 bits per heavy atom. The van der Waals surface area contributed by atoms with Crippen LogP contribution in [0.3, 0.4) is 0 Å². The van der Waals surface area contributed by atoms with Gasteiger partial charge in [-0.1, -0.05) is 6.07 Å². The van der Waals surface area contributed by atoms with Gasteiger partial charge in [-0.25, -0.2) is 4.39 Å². The van der Waals surface area contributed by atoms with Gasteiger partial charge in [0.25, 0.3) is 5.91 Å². The van der Waals surface area contributed by atoms with E-state index in [0.29, 0.717) is 41.5 Å². The fourth-order valence-corrected chi connectivity index (χ4v) is 5.22. The van der Waals surface area contributed by atoms with E-state index in [4.69, 9.17) is 14.2 Å². The largest absolute Gasteiger partial charge is 0.492 e. The van der Waals surface area contributed by atoms with Crippen LogP contribution in [0.1, 0.15) is 28.9 Å². The second kappa shape index (κ2) is 9.11. The van der Waals surface area contributed by atoms with Gasteiger partial charge in [-0.3, -0.25) is 9.78 Å². The molecule has 0 aliphatic carbocycles. The van der Waals surface area contributed by atoms with Crippen LogP contribution in [0.5, 0.6) is 11.5 Å². The summed E-state index contributed by atoms with van der Waals surface area (Å²) in [6.07, 6.45) is 5.36. The molecule has 0 radical (unpaired) electrons. The van der Waals surface area contributed by atoms with Crippen molar-refractivity contribution >= 4 is 17.3 Å². The van der Waals surface area contributed by atoms with E-state index in [1.54, 1.807) is 24.5 Å². The lowest BCUT2D eigenvalue weighted by Crippen LogP contribution is -2.64. The van der Waals surface area contributed by atoms with Gasteiger partial charge in [-0.15, -0.1) is 0 Å². The van der Waals surface area contributed by atoms with Crippen LogP contribution >= 0.6 is 0 Å². The van der Waals surface area contributed by atoms with Gasteiger partial charge in [0.05, 0.1) is 47.5 Å². The highest BCUT2D eigenvalue weighted by Crippen LogP contribution is 2.46. The summed E-state index contributed by atoms with van der Waals surface area (Å²) in [7, 11) is 1.42. The molecule has 1 atom stereocenters. The Bertz CT molecular complexity index is 1300. The van der Waals surface area contributed by atoms with E-state index in [2.05, 4.69) is 25.9 Å². The molecule has 188 valence electrons. The van der Waals surface area contributed by atoms with Crippen LogP contribution in [0.15, 0.2) is 36.7 Å². The van der Waals surface area contributed by atoms with Crippen molar-refractivity contribution in [1.29, 1.82) is 0 Å². The second-order valence-electron chi connectivity index (χ2n) is 9.46. The minimum absolute atomic E-state index is 0.0409. The van der Waals surface area contributed by atoms with Crippen LogP contribution in [-0.2, 0) is 10.2 Å². The third kappa shape index (κ3) is 3.77. The zero-order chi connectivity index (χ0) is 24.7. The molecular formula is C26H28FN5O4. The third-order valence-corrected chi connectivity index (χ3v) is 7.20. The number of aromatic amines is 1. The Morgan fingerprint density at radius 2 is 2.17 bits per heavy atom. The number of para-hydroxylation sites is 1. The number of pyridine rings is 1. The number of aromatic nitrogens is 2. The Morgan fingerprint density at radius 3 is 2.92 bits per heavy atom. The highest BCUT2D eigenvalue weighted by atomic mass is 19.1. The number of anilines is 2. The molecule has 0 saturated carbocycles. The normalized spacial score (nSPS) is 19.9. The van der Waals surface area contributed by atoms with Crippen molar-refractivity contribution in [2.45, 2.75) is 24.4 Å². The molecule has 2 saturated heterocycles. The number of ether oxygens (including phenoxy) is 3. The number of hydrogen-bond acceptors (Lipinski definition) is 7. The standard InChI is InChI=1S/C26H28FN5O4/c1-34-23-17(27)5-2-6-18(23)31-22-20-24(26(12-29-13-26)14-30-25(20)33)32-21(22)16-7-8-28-10-19(16)36-11-15-4-3-9-35-15/h2,5-8,10,15,29,31-32H,3-4,9,11-14H2,1H3,(H,30,33). The zero-order valence-electron chi connectivity index (χ0n) is 19.9. The Kier molecular flexibility index (Phi) is 5.77. The molecule has 3 aromatic rings. The van der Waals surface area contributed by atoms with Crippen molar-refractivity contribution < 1.29 is 23.4 Å². The number of H-pyrrole nitrogens is 1. The predicted octanol–water partition coefficient (Wildman–Crippen LogP) is 3.11. The second-order valence-corrected chi connectivity index (χ2v) is 9.46. The van der Waals surface area contributed by atoms with E-state index in [0.717, 1.165) is 43.8 Å². The lowest BCUT2D eigenvalue weighted by Gasteiger charge is -2.45. The van der Waals surface area contributed by atoms with Gasteiger partial charge >= 0.3 is 0 Å². The van der Waals surface area contributed by atoms with Gasteiger partial charge in [-0.05, 0) is 31.0 Å². The highest BCUT2D eigenvalue weighted by molar-refractivity contribution is 6.07. The van der Waals surface area contributed by atoms with E-state index >= 15 is 0 Å². The summed E-state index contributed by atoms with van der Waals surface area (Å²) in [4.78, 5) is 21.0. The van der Waals surface area contributed by atoms with E-state index in [-0.39, 0.29) is 23.2 Å². The topological polar surface area (TPSA) is 110 Å². The molecule has 3 aliphatic heterocycles. The van der Waals surface area contributed by atoms with Crippen LogP contribution in [-0.4, -0.2) is 61.9 Å². The van der Waals surface area contributed by atoms with Crippen LogP contribution in [0, 0.1) is 5.82 Å². The predicted molar refractivity (Wildman–Crippen MR) is 132 cm³/mol. The maximum atomic E-state index is 14.5. The molecular weight excluding hydrogens is 465 g/mol. The molecule has 1 spiro atoms. The number of rotatable bonds is 7. The number of hydrogen-bond donors (Lipinski definition) is 4. The highest BCUT2D eigenvalue weighted by Gasteiger charge is 2.47. The fourth-order valence-electron chi connectivity index (χ4n) is 5.22. The van der Waals surface area contributed by atoms with Crippen molar-refractivity contribution in [1.82, 2.24) is 20.6 Å². The Labute approximate surface area is 207 Å². The van der Waals surface area contributed by atoms with Crippen molar-refractivity contribution in [3.63, 3.8) is 0 Å². The number of nitrogens with zero attached hydrogens (tertiary/aromatic N) is 1. The molecule has 10 heteroatoms. The number of methoxy groups -OCH3 is 1. The van der Waals surface area contributed by atoms with Crippen LogP contribution < -0.4 is 25.4 Å². The first kappa shape index (κ1) is 22.8. The molecule has 36 heavy (non-hydrogen) atoms. The fraction of sp³-hybridized carbons (Fsp3) is 0.385. The van der Waals surface area contributed by atoms with Gasteiger partial charge < -0.3 is 35.1 Å². The summed E-state index contributed by atoms with van der Waals surface area (Å²) in [5.41, 5.74) is 3.46. The van der Waals surface area contributed by atoms with Gasteiger partial charge in [0.2, 0.25) is 0 Å². The van der Waals surface area contributed by atoms with Gasteiger partial charge in [0.15, 0.2) is 11.6 Å². The maximum absolute atomic E-state index is 14.5. The lowest BCUT2D eigenvalue weighted by molar-refractivity contribution is 0.0680. The van der Waals surface area contributed by atoms with Gasteiger partial charge in [0, 0.05) is 43.7 Å². The molecule has 6 rings (SSSR count). The van der Waals surface area contributed by atoms with Crippen LogP contribution in [0.25, 0.3) is 11.3 Å². The molecule has 3 aliphatic rings. The van der Waals surface area contributed by atoms with Crippen LogP contribution in [0.4, 0.5) is 15.8 Å². The summed E-state index contributed by atoms with van der Waals surface area (Å²) in [6.45, 7) is 3.16. The summed E-state index contributed by atoms with van der Waals surface area (Å²) in [5, 5.41) is 9.66. The lowest BCUT2D eigenvalue weighted by atomic mass is 9.74. The van der Waals surface area contributed by atoms with Gasteiger partial charge in [0.1, 0.15) is 12.4 Å². The summed E-state index contributed by atoms with van der Waals surface area (Å²) in [5.74, 6) is -0.0536. The molecule has 4 N–H and O–H groups in total. The van der Waals surface area contributed by atoms with E-state index < -0.39 is 5.82 Å². The van der Waals surface area contributed by atoms with E-state index in [9.17, 15) is 9.18 Å². The van der Waals surface area contributed by atoms with E-state index in [1.165, 1.54) is 13.2 Å². The molecule has 5 heterocycles. The maximum Gasteiger partial charge on any atom is 0.255 e. The number of halogens is 1. The van der Waals surface area contributed by atoms with Crippen molar-refractivity contribution in [3.05, 3.63) is 53.7 Å². The number of benzene rings is 1. The Hall–Kier alpha value is -3.63. The summed E-state index contributed by atoms with van der Waals surface area (Å²) < 4.78 is 31.7. The molecule has 0 bridgehead atoms. The number of nitrogens with one attached hydrogen (secondary N) is 4. The summed E-state index contributed by atoms with van der Waals surface area (Å²) in [6, 6.07) is 6.49. The average Bonchev–Trinajstić information content (AvgIpc) is 3.51. The summed E-state index contributed by atoms with van der Waals surface area (Å²) >= 11 is 0. The molecule has 1 unspecified atom stereocenters. The minimum atomic E-state index is -0.498. The first-order valence-corrected chi connectivity index (χ1v) is 12.1. The quantitative estimate of drug-likeness (QED) is 0.400. The van der Waals surface area contributed by atoms with Crippen LogP contribution in [0.2, 0.25) is 0 Å². The molecule has 2 aromatic heterocycles. The SMILES string of the molecule is COc1c(F)cccc1Nc1c(-c2ccncc2OCC2CCCO2)[nH]c2c1C(=O)NCC21CNC1. The van der Waals surface area contributed by atoms with Crippen molar-refractivity contribution in [2.75, 3.05) is 45.3 Å². The smallest absolute Gasteiger partial charge is 0.255 e. The molecule has 9 nitrogen and oxygen atoms in total. The average molecular weight is 494 g/mol. The van der Waals surface area contributed by atoms with Crippen molar-refractivity contribution in [2.24, 2.45) is 0 Å². The number of amides is 1. The monoisotopic (exact) mass is 493 g/mol. The molecule has 2 fully saturated rings. The third-order valence-electron chi connectivity index (χ3n) is 7.20. The first-order chi connectivity index (χ1) is 17.6. The number of carbonyl (C=O) groups is 1.